The Bertz CT molecular complexity index is 2850. The van der Waals surface area contributed by atoms with E-state index < -0.39 is 0 Å². The summed E-state index contributed by atoms with van der Waals surface area (Å²) in [7, 11) is 0. The maximum atomic E-state index is 9.84. The van der Waals surface area contributed by atoms with Gasteiger partial charge in [0.1, 0.15) is 0 Å². The first-order valence-electron chi connectivity index (χ1n) is 17.9. The third-order valence-electron chi connectivity index (χ3n) is 11.3. The summed E-state index contributed by atoms with van der Waals surface area (Å²) in [5, 5.41) is 13.3. The Morgan fingerprint density at radius 1 is 0.615 bits per heavy atom. The van der Waals surface area contributed by atoms with Crippen LogP contribution >= 0.6 is 0 Å². The van der Waals surface area contributed by atoms with Gasteiger partial charge in [-0.3, -0.25) is 0 Å². The van der Waals surface area contributed by atoms with E-state index in [1.165, 1.54) is 27.4 Å². The molecule has 2 aromatic heterocycles. The molecule has 6 aromatic carbocycles. The molecule has 2 aliphatic rings. The molecule has 0 amide bonds. The van der Waals surface area contributed by atoms with Gasteiger partial charge in [0.25, 0.3) is 0 Å². The van der Waals surface area contributed by atoms with Gasteiger partial charge in [-0.25, -0.2) is 9.97 Å². The van der Waals surface area contributed by atoms with E-state index in [1.54, 1.807) is 0 Å². The van der Waals surface area contributed by atoms with Gasteiger partial charge in [-0.15, -0.1) is 0 Å². The Morgan fingerprint density at radius 3 is 2.23 bits per heavy atom. The first kappa shape index (κ1) is 30.3. The number of nitrogens with zero attached hydrogens (tertiary/aromatic N) is 4. The minimum atomic E-state index is -0.0196. The van der Waals surface area contributed by atoms with Crippen LogP contribution in [0.1, 0.15) is 36.5 Å². The lowest BCUT2D eigenvalue weighted by molar-refractivity contribution is 0.394. The van der Waals surface area contributed by atoms with Gasteiger partial charge in [-0.1, -0.05) is 117 Å². The monoisotopic (exact) mass is 666 g/mol. The second-order valence-corrected chi connectivity index (χ2v) is 14.6. The summed E-state index contributed by atoms with van der Waals surface area (Å²) in [5.74, 6) is 1.44. The quantitative estimate of drug-likeness (QED) is 0.188. The molecule has 0 saturated heterocycles. The number of allylic oxidation sites excluding steroid dienone is 4. The van der Waals surface area contributed by atoms with Crippen LogP contribution in [0.15, 0.2) is 158 Å². The van der Waals surface area contributed by atoms with Crippen molar-refractivity contribution in [3.63, 3.8) is 0 Å². The molecule has 0 N–H and O–H groups in total. The second kappa shape index (κ2) is 11.5. The van der Waals surface area contributed by atoms with Crippen LogP contribution in [0.3, 0.4) is 0 Å². The number of nitriles is 1. The van der Waals surface area contributed by atoms with Gasteiger partial charge >= 0.3 is 0 Å². The highest BCUT2D eigenvalue weighted by Gasteiger charge is 2.45. The van der Waals surface area contributed by atoms with E-state index in [2.05, 4.69) is 146 Å². The topological polar surface area (TPSA) is 54.5 Å². The highest BCUT2D eigenvalue weighted by Crippen LogP contribution is 2.54. The predicted molar refractivity (Wildman–Crippen MR) is 212 cm³/mol. The van der Waals surface area contributed by atoms with Crippen molar-refractivity contribution in [1.82, 2.24) is 14.5 Å². The molecule has 2 heterocycles. The van der Waals surface area contributed by atoms with Crippen LogP contribution in [0.4, 0.5) is 0 Å². The van der Waals surface area contributed by atoms with Crippen molar-refractivity contribution in [2.24, 2.45) is 5.92 Å². The van der Waals surface area contributed by atoms with Crippen LogP contribution in [0.25, 0.3) is 72.2 Å². The minimum Gasteiger partial charge on any atom is -0.309 e. The highest BCUT2D eigenvalue weighted by molar-refractivity contribution is 6.10. The van der Waals surface area contributed by atoms with Gasteiger partial charge in [-0.2, -0.15) is 5.26 Å². The molecule has 0 fully saturated rings. The smallest absolute Gasteiger partial charge is 0.160 e. The Kier molecular flexibility index (Phi) is 6.68. The average Bonchev–Trinajstić information content (AvgIpc) is 3.64. The standard InChI is InChI=1S/C48H34N4/c1-48(2)41-20-9-6-17-36(41)39-27-40-37-18-8-11-22-44(37)52(45(40)28-42(39)48)35-25-33(32-16-12-13-30(23-32)29-49)24-34(26-35)47-50-43-21-10-7-19-38(43)46(51-47)31-14-4-3-5-15-31/h3-28,36,41H,1-2H3. The Hall–Kier alpha value is -6.57. The molecular formula is C48H34N4. The van der Waals surface area contributed by atoms with Crippen molar-refractivity contribution in [1.29, 1.82) is 5.26 Å². The van der Waals surface area contributed by atoms with Crippen LogP contribution in [0, 0.1) is 17.2 Å². The predicted octanol–water partition coefficient (Wildman–Crippen LogP) is 11.7. The fourth-order valence-corrected chi connectivity index (χ4v) is 8.74. The van der Waals surface area contributed by atoms with Crippen LogP contribution in [-0.4, -0.2) is 14.5 Å². The normalized spacial score (nSPS) is 17.0. The molecule has 0 spiro atoms. The number of hydrogen-bond donors (Lipinski definition) is 0. The maximum absolute atomic E-state index is 9.84. The Balaban J connectivity index is 1.27. The van der Waals surface area contributed by atoms with Crippen LogP contribution in [0.2, 0.25) is 0 Å². The number of fused-ring (bicyclic) bond motifs is 7. The fraction of sp³-hybridized carbons (Fsp3) is 0.104. The van der Waals surface area contributed by atoms with E-state index in [0.717, 1.165) is 50.1 Å². The fourth-order valence-electron chi connectivity index (χ4n) is 8.74. The molecule has 0 aliphatic heterocycles. The van der Waals surface area contributed by atoms with E-state index in [1.807, 2.05) is 36.4 Å². The van der Waals surface area contributed by atoms with Crippen LogP contribution < -0.4 is 0 Å². The third kappa shape index (κ3) is 4.60. The lowest BCUT2D eigenvalue weighted by atomic mass is 9.74. The summed E-state index contributed by atoms with van der Waals surface area (Å²) in [6.07, 6.45) is 9.17. The zero-order valence-electron chi connectivity index (χ0n) is 29.0. The van der Waals surface area contributed by atoms with Crippen molar-refractivity contribution in [2.45, 2.75) is 25.2 Å². The van der Waals surface area contributed by atoms with Crippen molar-refractivity contribution in [3.8, 4) is 45.5 Å². The molecule has 2 aliphatic carbocycles. The maximum Gasteiger partial charge on any atom is 0.160 e. The summed E-state index contributed by atoms with van der Waals surface area (Å²) in [6, 6.07) is 49.0. The zero-order chi connectivity index (χ0) is 35.0. The number of aromatic nitrogens is 3. The minimum absolute atomic E-state index is 0.0196. The lowest BCUT2D eigenvalue weighted by Gasteiger charge is -2.29. The van der Waals surface area contributed by atoms with E-state index in [0.29, 0.717) is 23.2 Å². The number of rotatable bonds is 4. The average molecular weight is 667 g/mol. The van der Waals surface area contributed by atoms with Gasteiger partial charge in [0, 0.05) is 38.9 Å². The first-order valence-corrected chi connectivity index (χ1v) is 17.9. The molecule has 8 aromatic rings. The first-order chi connectivity index (χ1) is 25.5. The van der Waals surface area contributed by atoms with Gasteiger partial charge in [-0.05, 0) is 88.2 Å². The molecule has 4 heteroatoms. The van der Waals surface area contributed by atoms with Crippen molar-refractivity contribution >= 4 is 32.7 Å². The van der Waals surface area contributed by atoms with Gasteiger partial charge in [0.2, 0.25) is 0 Å². The van der Waals surface area contributed by atoms with Gasteiger partial charge in [0.15, 0.2) is 5.82 Å². The summed E-state index contributed by atoms with van der Waals surface area (Å²) in [4.78, 5) is 10.4. The number of benzene rings is 6. The van der Waals surface area contributed by atoms with Crippen LogP contribution in [-0.2, 0) is 5.41 Å². The molecule has 0 saturated carbocycles. The molecule has 0 bridgehead atoms. The summed E-state index contributed by atoms with van der Waals surface area (Å²) in [6.45, 7) is 4.78. The van der Waals surface area contributed by atoms with Gasteiger partial charge in [0.05, 0.1) is 33.9 Å². The molecule has 246 valence electrons. The number of hydrogen-bond acceptors (Lipinski definition) is 3. The van der Waals surface area contributed by atoms with E-state index in [4.69, 9.17) is 9.97 Å². The Labute approximate surface area is 302 Å². The van der Waals surface area contributed by atoms with E-state index >= 15 is 0 Å². The zero-order valence-corrected chi connectivity index (χ0v) is 29.0. The molecule has 4 nitrogen and oxygen atoms in total. The highest BCUT2D eigenvalue weighted by atomic mass is 15.0. The molecule has 2 atom stereocenters. The van der Waals surface area contributed by atoms with Crippen molar-refractivity contribution < 1.29 is 0 Å². The molecule has 10 rings (SSSR count). The second-order valence-electron chi connectivity index (χ2n) is 14.6. The van der Waals surface area contributed by atoms with E-state index in [-0.39, 0.29) is 5.41 Å². The van der Waals surface area contributed by atoms with E-state index in [9.17, 15) is 5.26 Å². The third-order valence-corrected chi connectivity index (χ3v) is 11.3. The van der Waals surface area contributed by atoms with Crippen LogP contribution in [0.5, 0.6) is 0 Å². The number of para-hydroxylation sites is 2. The van der Waals surface area contributed by atoms with Crippen molar-refractivity contribution in [2.75, 3.05) is 0 Å². The molecular weight excluding hydrogens is 633 g/mol. The largest absolute Gasteiger partial charge is 0.309 e. The SMILES string of the molecule is CC1(C)c2cc3c(cc2C2C=CC=CC21)c1ccccc1n3-c1cc(-c2cccc(C#N)c2)cc(-c2nc(-c3ccccc3)c3ccccc3n2)c1. The molecule has 0 radical (unpaired) electrons. The summed E-state index contributed by atoms with van der Waals surface area (Å²) >= 11 is 0. The van der Waals surface area contributed by atoms with Crippen molar-refractivity contribution in [3.05, 3.63) is 174 Å². The summed E-state index contributed by atoms with van der Waals surface area (Å²) in [5.41, 5.74) is 12.5. The lowest BCUT2D eigenvalue weighted by Crippen LogP contribution is -2.24. The molecule has 2 unspecified atom stereocenters. The summed E-state index contributed by atoms with van der Waals surface area (Å²) < 4.78 is 2.41. The molecule has 52 heavy (non-hydrogen) atoms. The van der Waals surface area contributed by atoms with Gasteiger partial charge < -0.3 is 4.57 Å². The Morgan fingerprint density at radius 2 is 1.37 bits per heavy atom.